The third-order valence-corrected chi connectivity index (χ3v) is 5.93. The van der Waals surface area contributed by atoms with Crippen LogP contribution in [0.3, 0.4) is 0 Å². The standard InChI is InChI=1S/C14H20N2O3S/c15-9-13-10-16(6-7-19-13)20(17,18)14-5-4-11-2-1-3-12(11)8-14/h4-5,8,13H,1-3,6-7,9-10,15H2/t13-/m0/s1. The minimum atomic E-state index is -3.43. The number of benzene rings is 1. The summed E-state index contributed by atoms with van der Waals surface area (Å²) in [5.41, 5.74) is 8.03. The quantitative estimate of drug-likeness (QED) is 0.883. The van der Waals surface area contributed by atoms with Crippen molar-refractivity contribution in [1.82, 2.24) is 4.31 Å². The number of aryl methyl sites for hydroxylation is 2. The van der Waals surface area contributed by atoms with Crippen LogP contribution in [0.25, 0.3) is 0 Å². The maximum absolute atomic E-state index is 12.7. The Kier molecular flexibility index (Phi) is 3.81. The number of ether oxygens (including phenoxy) is 1. The fraction of sp³-hybridized carbons (Fsp3) is 0.571. The van der Waals surface area contributed by atoms with Crippen LogP contribution in [-0.4, -0.2) is 45.1 Å². The Balaban J connectivity index is 1.87. The van der Waals surface area contributed by atoms with Crippen molar-refractivity contribution in [3.05, 3.63) is 29.3 Å². The van der Waals surface area contributed by atoms with Crippen molar-refractivity contribution in [3.63, 3.8) is 0 Å². The van der Waals surface area contributed by atoms with Crippen LogP contribution in [0.5, 0.6) is 0 Å². The van der Waals surface area contributed by atoms with Crippen molar-refractivity contribution in [1.29, 1.82) is 0 Å². The zero-order valence-corrected chi connectivity index (χ0v) is 12.2. The Morgan fingerprint density at radius 3 is 2.90 bits per heavy atom. The van der Waals surface area contributed by atoms with Gasteiger partial charge in [0.25, 0.3) is 0 Å². The van der Waals surface area contributed by atoms with Crippen LogP contribution >= 0.6 is 0 Å². The van der Waals surface area contributed by atoms with E-state index in [-0.39, 0.29) is 6.10 Å². The molecule has 2 aliphatic rings. The van der Waals surface area contributed by atoms with E-state index in [9.17, 15) is 8.42 Å². The summed E-state index contributed by atoms with van der Waals surface area (Å²) in [6, 6.07) is 5.52. The van der Waals surface area contributed by atoms with Crippen LogP contribution in [0.4, 0.5) is 0 Å². The van der Waals surface area contributed by atoms with Crippen LogP contribution in [-0.2, 0) is 27.6 Å². The van der Waals surface area contributed by atoms with Gasteiger partial charge in [0.2, 0.25) is 10.0 Å². The highest BCUT2D eigenvalue weighted by Crippen LogP contribution is 2.26. The third-order valence-electron chi connectivity index (χ3n) is 4.07. The van der Waals surface area contributed by atoms with E-state index in [1.807, 2.05) is 12.1 Å². The normalized spacial score (nSPS) is 23.8. The van der Waals surface area contributed by atoms with Crippen LogP contribution < -0.4 is 5.73 Å². The van der Waals surface area contributed by atoms with Crippen molar-refractivity contribution in [2.45, 2.75) is 30.3 Å². The molecule has 0 aromatic heterocycles. The molecule has 6 heteroatoms. The minimum absolute atomic E-state index is 0.201. The summed E-state index contributed by atoms with van der Waals surface area (Å²) < 4.78 is 32.3. The minimum Gasteiger partial charge on any atom is -0.374 e. The molecule has 0 radical (unpaired) electrons. The Labute approximate surface area is 119 Å². The molecule has 1 aromatic carbocycles. The average Bonchev–Trinajstić information content (AvgIpc) is 2.94. The lowest BCUT2D eigenvalue weighted by molar-refractivity contribution is 0.00450. The fourth-order valence-corrected chi connectivity index (χ4v) is 4.42. The number of nitrogens with zero attached hydrogens (tertiary/aromatic N) is 1. The number of nitrogens with two attached hydrogens (primary N) is 1. The Morgan fingerprint density at radius 1 is 1.30 bits per heavy atom. The molecule has 1 aliphatic carbocycles. The lowest BCUT2D eigenvalue weighted by Crippen LogP contribution is -2.48. The van der Waals surface area contributed by atoms with Crippen molar-refractivity contribution in [2.24, 2.45) is 5.73 Å². The van der Waals surface area contributed by atoms with Gasteiger partial charge in [0.15, 0.2) is 0 Å². The smallest absolute Gasteiger partial charge is 0.243 e. The van der Waals surface area contributed by atoms with E-state index in [0.29, 0.717) is 31.1 Å². The van der Waals surface area contributed by atoms with Gasteiger partial charge in [-0.15, -0.1) is 0 Å². The highest BCUT2D eigenvalue weighted by molar-refractivity contribution is 7.89. The molecular weight excluding hydrogens is 276 g/mol. The van der Waals surface area contributed by atoms with Crippen LogP contribution in [0, 0.1) is 0 Å². The molecule has 1 aliphatic heterocycles. The van der Waals surface area contributed by atoms with Crippen molar-refractivity contribution >= 4 is 10.0 Å². The third kappa shape index (κ3) is 2.48. The fourth-order valence-electron chi connectivity index (χ4n) is 2.91. The van der Waals surface area contributed by atoms with E-state index >= 15 is 0 Å². The maximum Gasteiger partial charge on any atom is 0.243 e. The molecule has 0 amide bonds. The molecule has 1 aromatic rings. The van der Waals surface area contributed by atoms with Gasteiger partial charge in [-0.1, -0.05) is 6.07 Å². The first-order valence-corrected chi connectivity index (χ1v) is 8.49. The molecule has 1 atom stereocenters. The molecule has 0 bridgehead atoms. The summed E-state index contributed by atoms with van der Waals surface area (Å²) >= 11 is 0. The van der Waals surface area contributed by atoms with Gasteiger partial charge < -0.3 is 10.5 Å². The number of sulfonamides is 1. The molecular formula is C14H20N2O3S. The molecule has 110 valence electrons. The zero-order chi connectivity index (χ0) is 14.2. The van der Waals surface area contributed by atoms with Crippen LogP contribution in [0.1, 0.15) is 17.5 Å². The summed E-state index contributed by atoms with van der Waals surface area (Å²) in [6.45, 7) is 1.49. The first kappa shape index (κ1) is 14.0. The second kappa shape index (κ2) is 5.44. The van der Waals surface area contributed by atoms with Gasteiger partial charge in [0.05, 0.1) is 17.6 Å². The molecule has 0 saturated carbocycles. The summed E-state index contributed by atoms with van der Waals surface area (Å²) in [5.74, 6) is 0. The maximum atomic E-state index is 12.7. The Hall–Kier alpha value is -0.950. The Morgan fingerprint density at radius 2 is 2.10 bits per heavy atom. The molecule has 3 rings (SSSR count). The Bertz CT molecular complexity index is 600. The van der Waals surface area contributed by atoms with E-state index in [1.165, 1.54) is 15.4 Å². The second-order valence-corrected chi connectivity index (χ2v) is 7.31. The number of rotatable bonds is 3. The highest BCUT2D eigenvalue weighted by atomic mass is 32.2. The van der Waals surface area contributed by atoms with Gasteiger partial charge in [-0.3, -0.25) is 0 Å². The number of morpholine rings is 1. The van der Waals surface area contributed by atoms with Gasteiger partial charge >= 0.3 is 0 Å². The number of hydrogen-bond acceptors (Lipinski definition) is 4. The molecule has 1 heterocycles. The van der Waals surface area contributed by atoms with Gasteiger partial charge in [0.1, 0.15) is 0 Å². The van der Waals surface area contributed by atoms with Crippen LogP contribution in [0.2, 0.25) is 0 Å². The summed E-state index contributed by atoms with van der Waals surface area (Å²) in [7, 11) is -3.43. The monoisotopic (exact) mass is 296 g/mol. The van der Waals surface area contributed by atoms with Gasteiger partial charge in [-0.25, -0.2) is 8.42 Å². The highest BCUT2D eigenvalue weighted by Gasteiger charge is 2.30. The van der Waals surface area contributed by atoms with E-state index in [1.54, 1.807) is 6.07 Å². The molecule has 0 unspecified atom stereocenters. The molecule has 1 saturated heterocycles. The van der Waals surface area contributed by atoms with E-state index in [4.69, 9.17) is 10.5 Å². The summed E-state index contributed by atoms with van der Waals surface area (Å²) in [4.78, 5) is 0.399. The predicted octanol–water partition coefficient (Wildman–Crippen LogP) is 0.524. The van der Waals surface area contributed by atoms with E-state index < -0.39 is 10.0 Å². The lowest BCUT2D eigenvalue weighted by atomic mass is 10.1. The second-order valence-electron chi connectivity index (χ2n) is 5.38. The summed E-state index contributed by atoms with van der Waals surface area (Å²) in [5, 5.41) is 0. The topological polar surface area (TPSA) is 72.6 Å². The zero-order valence-electron chi connectivity index (χ0n) is 11.4. The largest absolute Gasteiger partial charge is 0.374 e. The van der Waals surface area contributed by atoms with Gasteiger partial charge in [-0.2, -0.15) is 4.31 Å². The molecule has 5 nitrogen and oxygen atoms in total. The first-order valence-electron chi connectivity index (χ1n) is 7.05. The molecule has 20 heavy (non-hydrogen) atoms. The molecule has 0 spiro atoms. The van der Waals surface area contributed by atoms with Crippen molar-refractivity contribution < 1.29 is 13.2 Å². The van der Waals surface area contributed by atoms with Crippen molar-refractivity contribution in [3.8, 4) is 0 Å². The number of fused-ring (bicyclic) bond motifs is 1. The van der Waals surface area contributed by atoms with Gasteiger partial charge in [0, 0.05) is 19.6 Å². The average molecular weight is 296 g/mol. The predicted molar refractivity (Wildman–Crippen MR) is 76.0 cm³/mol. The lowest BCUT2D eigenvalue weighted by Gasteiger charge is -2.31. The first-order chi connectivity index (χ1) is 9.61. The van der Waals surface area contributed by atoms with Gasteiger partial charge in [-0.05, 0) is 42.5 Å². The van der Waals surface area contributed by atoms with E-state index in [0.717, 1.165) is 19.3 Å². The number of hydrogen-bond donors (Lipinski definition) is 1. The SMILES string of the molecule is NC[C@H]1CN(S(=O)(=O)c2ccc3c(c2)CCC3)CCO1. The molecule has 1 fully saturated rings. The summed E-state index contributed by atoms with van der Waals surface area (Å²) in [6.07, 6.45) is 2.95. The molecule has 2 N–H and O–H groups in total. The van der Waals surface area contributed by atoms with Crippen LogP contribution in [0.15, 0.2) is 23.1 Å². The van der Waals surface area contributed by atoms with Crippen molar-refractivity contribution in [2.75, 3.05) is 26.2 Å². The van der Waals surface area contributed by atoms with E-state index in [2.05, 4.69) is 0 Å².